The molecule has 2 saturated heterocycles. The van der Waals surface area contributed by atoms with Crippen molar-refractivity contribution in [1.82, 2.24) is 0 Å². The van der Waals surface area contributed by atoms with E-state index >= 15 is 0 Å². The van der Waals surface area contributed by atoms with Crippen LogP contribution in [0.5, 0.6) is 0 Å². The molecule has 4 fully saturated rings. The van der Waals surface area contributed by atoms with Gasteiger partial charge in [0.05, 0.1) is 24.4 Å². The van der Waals surface area contributed by atoms with E-state index in [0.29, 0.717) is 50.1 Å². The summed E-state index contributed by atoms with van der Waals surface area (Å²) in [5.41, 5.74) is 0. The fourth-order valence-corrected chi connectivity index (χ4v) is 3.98. The molecule has 6 heteroatoms. The molecule has 2 saturated carbocycles. The van der Waals surface area contributed by atoms with Gasteiger partial charge >= 0.3 is 11.9 Å². The summed E-state index contributed by atoms with van der Waals surface area (Å²) < 4.78 is 21.8. The molecule has 6 unspecified atom stereocenters. The Morgan fingerprint density at radius 3 is 1.58 bits per heavy atom. The lowest BCUT2D eigenvalue weighted by Gasteiger charge is -2.20. The van der Waals surface area contributed by atoms with Crippen molar-refractivity contribution in [1.29, 1.82) is 0 Å². The van der Waals surface area contributed by atoms with Gasteiger partial charge in [0.25, 0.3) is 0 Å². The van der Waals surface area contributed by atoms with Crippen LogP contribution in [0.25, 0.3) is 0 Å². The highest BCUT2D eigenvalue weighted by Crippen LogP contribution is 2.38. The van der Waals surface area contributed by atoms with Crippen LogP contribution in [-0.2, 0) is 28.5 Å². The Labute approximate surface area is 142 Å². The fourth-order valence-electron chi connectivity index (χ4n) is 3.98. The van der Waals surface area contributed by atoms with Crippen molar-refractivity contribution in [3.05, 3.63) is 0 Å². The molecule has 2 aliphatic carbocycles. The lowest BCUT2D eigenvalue weighted by Crippen LogP contribution is -2.25. The SMILES string of the molecule is O=C(CCCCC(=O)OC1CCC2OC2C1)OC1CCC2OC2C1. The third kappa shape index (κ3) is 4.28. The second-order valence-corrected chi connectivity index (χ2v) is 7.48. The second kappa shape index (κ2) is 7.00. The molecular formula is C18H26O6. The lowest BCUT2D eigenvalue weighted by molar-refractivity contribution is -0.152. The molecule has 0 aromatic carbocycles. The van der Waals surface area contributed by atoms with Gasteiger partial charge in [-0.2, -0.15) is 0 Å². The van der Waals surface area contributed by atoms with Crippen molar-refractivity contribution in [2.24, 2.45) is 0 Å². The van der Waals surface area contributed by atoms with Gasteiger partial charge in [-0.15, -0.1) is 0 Å². The summed E-state index contributed by atoms with van der Waals surface area (Å²) in [5, 5.41) is 0. The Bertz CT molecular complexity index is 448. The predicted octanol–water partition coefficient (Wildman–Crippen LogP) is 2.27. The monoisotopic (exact) mass is 338 g/mol. The van der Waals surface area contributed by atoms with Gasteiger partial charge in [-0.3, -0.25) is 9.59 Å². The van der Waals surface area contributed by atoms with Gasteiger partial charge in [0.15, 0.2) is 0 Å². The first-order chi connectivity index (χ1) is 11.7. The van der Waals surface area contributed by atoms with Crippen molar-refractivity contribution < 1.29 is 28.5 Å². The van der Waals surface area contributed by atoms with Gasteiger partial charge in [-0.25, -0.2) is 0 Å². The highest BCUT2D eigenvalue weighted by atomic mass is 16.6. The molecule has 6 atom stereocenters. The summed E-state index contributed by atoms with van der Waals surface area (Å²) in [6.07, 6.45) is 9.12. The largest absolute Gasteiger partial charge is 0.462 e. The smallest absolute Gasteiger partial charge is 0.306 e. The maximum absolute atomic E-state index is 11.8. The number of unbranched alkanes of at least 4 members (excludes halogenated alkanes) is 1. The van der Waals surface area contributed by atoms with Crippen LogP contribution >= 0.6 is 0 Å². The van der Waals surface area contributed by atoms with Gasteiger partial charge < -0.3 is 18.9 Å². The van der Waals surface area contributed by atoms with Crippen molar-refractivity contribution in [2.45, 2.75) is 101 Å². The Balaban J connectivity index is 1.04. The first kappa shape index (κ1) is 16.3. The third-order valence-electron chi connectivity index (χ3n) is 5.52. The minimum Gasteiger partial charge on any atom is -0.462 e. The summed E-state index contributed by atoms with van der Waals surface area (Å²) >= 11 is 0. The summed E-state index contributed by atoms with van der Waals surface area (Å²) in [7, 11) is 0. The van der Waals surface area contributed by atoms with Crippen molar-refractivity contribution in [2.75, 3.05) is 0 Å². The quantitative estimate of drug-likeness (QED) is 0.403. The molecule has 4 rings (SSSR count). The number of carbonyl (C=O) groups excluding carboxylic acids is 2. The van der Waals surface area contributed by atoms with Gasteiger partial charge in [-0.05, 0) is 38.5 Å². The molecule has 0 bridgehead atoms. The number of rotatable bonds is 7. The Morgan fingerprint density at radius 1 is 0.708 bits per heavy atom. The summed E-state index contributed by atoms with van der Waals surface area (Å²) in [5.74, 6) is -0.312. The first-order valence-corrected chi connectivity index (χ1v) is 9.37. The van der Waals surface area contributed by atoms with Crippen LogP contribution in [0, 0.1) is 0 Å². The molecule has 0 aromatic rings. The molecule has 2 heterocycles. The molecular weight excluding hydrogens is 312 g/mol. The Kier molecular flexibility index (Phi) is 4.77. The molecule has 0 aromatic heterocycles. The van der Waals surface area contributed by atoms with Crippen molar-refractivity contribution >= 4 is 11.9 Å². The number of esters is 2. The maximum atomic E-state index is 11.8. The minimum absolute atomic E-state index is 0.0194. The van der Waals surface area contributed by atoms with E-state index in [4.69, 9.17) is 18.9 Å². The Morgan fingerprint density at radius 2 is 1.17 bits per heavy atom. The minimum atomic E-state index is -0.156. The zero-order valence-corrected chi connectivity index (χ0v) is 14.0. The van der Waals surface area contributed by atoms with E-state index in [1.54, 1.807) is 0 Å². The van der Waals surface area contributed by atoms with E-state index < -0.39 is 0 Å². The highest BCUT2D eigenvalue weighted by Gasteiger charge is 2.45. The standard InChI is InChI=1S/C18H26O6/c19-17(21-11-5-7-13-15(9-11)23-13)3-1-2-4-18(20)22-12-6-8-14-16(10-12)24-14/h11-16H,1-10H2. The van der Waals surface area contributed by atoms with Crippen LogP contribution in [0.4, 0.5) is 0 Å². The molecule has 6 nitrogen and oxygen atoms in total. The fraction of sp³-hybridized carbons (Fsp3) is 0.889. The molecule has 0 radical (unpaired) electrons. The number of ether oxygens (including phenoxy) is 4. The molecule has 4 aliphatic rings. The molecule has 0 amide bonds. The predicted molar refractivity (Wildman–Crippen MR) is 83.3 cm³/mol. The van der Waals surface area contributed by atoms with Gasteiger partial charge in [0, 0.05) is 25.7 Å². The number of epoxide rings is 2. The summed E-state index contributed by atoms with van der Waals surface area (Å²) in [6, 6.07) is 0. The molecule has 2 aliphatic heterocycles. The van der Waals surface area contributed by atoms with Crippen molar-refractivity contribution in [3.8, 4) is 0 Å². The topological polar surface area (TPSA) is 77.7 Å². The summed E-state index contributed by atoms with van der Waals surface area (Å²) in [4.78, 5) is 23.7. The number of hydrogen-bond acceptors (Lipinski definition) is 6. The zero-order chi connectivity index (χ0) is 16.5. The van der Waals surface area contributed by atoms with Crippen LogP contribution < -0.4 is 0 Å². The molecule has 0 spiro atoms. The average Bonchev–Trinajstić information content (AvgIpc) is 3.44. The van der Waals surface area contributed by atoms with E-state index in [9.17, 15) is 9.59 Å². The molecule has 134 valence electrons. The number of fused-ring (bicyclic) bond motifs is 2. The highest BCUT2D eigenvalue weighted by molar-refractivity contribution is 5.70. The van der Waals surface area contributed by atoms with Crippen LogP contribution in [-0.4, -0.2) is 48.6 Å². The Hall–Kier alpha value is -1.14. The van der Waals surface area contributed by atoms with E-state index in [0.717, 1.165) is 38.5 Å². The van der Waals surface area contributed by atoms with Crippen molar-refractivity contribution in [3.63, 3.8) is 0 Å². The molecule has 0 N–H and O–H groups in total. The summed E-state index contributed by atoms with van der Waals surface area (Å²) in [6.45, 7) is 0. The van der Waals surface area contributed by atoms with Gasteiger partial charge in [0.1, 0.15) is 12.2 Å². The maximum Gasteiger partial charge on any atom is 0.306 e. The second-order valence-electron chi connectivity index (χ2n) is 7.48. The van der Waals surface area contributed by atoms with E-state index in [1.807, 2.05) is 0 Å². The van der Waals surface area contributed by atoms with E-state index in [1.165, 1.54) is 0 Å². The van der Waals surface area contributed by atoms with E-state index in [-0.39, 0.29) is 24.1 Å². The normalized spacial score (nSPS) is 39.3. The number of carbonyl (C=O) groups is 2. The van der Waals surface area contributed by atoms with Crippen LogP contribution in [0.3, 0.4) is 0 Å². The van der Waals surface area contributed by atoms with Crippen LogP contribution in [0.15, 0.2) is 0 Å². The van der Waals surface area contributed by atoms with Gasteiger partial charge in [-0.1, -0.05) is 0 Å². The van der Waals surface area contributed by atoms with E-state index in [2.05, 4.69) is 0 Å². The van der Waals surface area contributed by atoms with Crippen LogP contribution in [0.2, 0.25) is 0 Å². The van der Waals surface area contributed by atoms with Crippen LogP contribution in [0.1, 0.15) is 64.2 Å². The first-order valence-electron chi connectivity index (χ1n) is 9.37. The number of hydrogen-bond donors (Lipinski definition) is 0. The average molecular weight is 338 g/mol. The zero-order valence-electron chi connectivity index (χ0n) is 14.0. The van der Waals surface area contributed by atoms with Gasteiger partial charge in [0.2, 0.25) is 0 Å². The third-order valence-corrected chi connectivity index (χ3v) is 5.52. The molecule has 24 heavy (non-hydrogen) atoms. The lowest BCUT2D eigenvalue weighted by atomic mass is 9.98.